The third-order valence-corrected chi connectivity index (χ3v) is 6.59. The molecule has 3 aromatic rings. The van der Waals surface area contributed by atoms with Crippen molar-refractivity contribution in [2.45, 2.75) is 38.6 Å². The van der Waals surface area contributed by atoms with Gasteiger partial charge in [0, 0.05) is 31.0 Å². The minimum absolute atomic E-state index is 0.806. The van der Waals surface area contributed by atoms with Crippen LogP contribution in [0.15, 0.2) is 54.0 Å². The first-order chi connectivity index (χ1) is 14.2. The zero-order valence-corrected chi connectivity index (χ0v) is 17.3. The molecule has 3 heteroatoms. The third kappa shape index (κ3) is 3.39. The van der Waals surface area contributed by atoms with Gasteiger partial charge in [-0.05, 0) is 67.0 Å². The monoisotopic (exact) mass is 383 g/mol. The highest BCUT2D eigenvalue weighted by atomic mass is 15.1. The topological polar surface area (TPSA) is 20.5 Å². The Balaban J connectivity index is 1.57. The summed E-state index contributed by atoms with van der Waals surface area (Å²) >= 11 is 0. The molecule has 0 amide bonds. The summed E-state index contributed by atoms with van der Waals surface area (Å²) in [5.41, 5.74) is 7.40. The summed E-state index contributed by atoms with van der Waals surface area (Å²) < 4.78 is 2.47. The maximum atomic E-state index is 5.02. The molecule has 29 heavy (non-hydrogen) atoms. The fourth-order valence-electron chi connectivity index (χ4n) is 4.78. The van der Waals surface area contributed by atoms with E-state index in [2.05, 4.69) is 71.8 Å². The van der Waals surface area contributed by atoms with Crippen LogP contribution in [0.5, 0.6) is 0 Å². The van der Waals surface area contributed by atoms with Crippen LogP contribution in [-0.2, 0) is 13.0 Å². The molecule has 0 spiro atoms. The average molecular weight is 384 g/mol. The molecule has 1 aliphatic heterocycles. The second-order valence-electron chi connectivity index (χ2n) is 8.57. The number of hydrogen-bond donors (Lipinski definition) is 0. The van der Waals surface area contributed by atoms with Crippen molar-refractivity contribution in [1.82, 2.24) is 4.57 Å². The molecule has 1 saturated carbocycles. The van der Waals surface area contributed by atoms with Gasteiger partial charge in [0.25, 0.3) is 0 Å². The summed E-state index contributed by atoms with van der Waals surface area (Å²) in [7, 11) is 2.18. The highest BCUT2D eigenvalue weighted by Crippen LogP contribution is 2.37. The molecule has 0 N–H and O–H groups in total. The molecule has 0 atom stereocenters. The zero-order chi connectivity index (χ0) is 19.8. The molecular weight excluding hydrogens is 354 g/mol. The Morgan fingerprint density at radius 3 is 2.79 bits per heavy atom. The molecule has 148 valence electrons. The first kappa shape index (κ1) is 18.2. The highest BCUT2D eigenvalue weighted by molar-refractivity contribution is 5.92. The Kier molecular flexibility index (Phi) is 4.75. The lowest BCUT2D eigenvalue weighted by atomic mass is 9.85. The van der Waals surface area contributed by atoms with Crippen LogP contribution < -0.4 is 4.90 Å². The summed E-state index contributed by atoms with van der Waals surface area (Å²) in [6.45, 7) is 6.17. The van der Waals surface area contributed by atoms with Gasteiger partial charge in [0.15, 0.2) is 0 Å². The van der Waals surface area contributed by atoms with Crippen molar-refractivity contribution in [1.29, 1.82) is 0 Å². The van der Waals surface area contributed by atoms with Gasteiger partial charge in [0.2, 0.25) is 0 Å². The molecule has 5 rings (SSSR count). The molecule has 0 saturated heterocycles. The third-order valence-electron chi connectivity index (χ3n) is 6.59. The van der Waals surface area contributed by atoms with Gasteiger partial charge in [-0.1, -0.05) is 37.3 Å². The van der Waals surface area contributed by atoms with Crippen LogP contribution >= 0.6 is 0 Å². The molecule has 0 radical (unpaired) electrons. The van der Waals surface area contributed by atoms with Gasteiger partial charge in [-0.15, -0.1) is 0 Å². The van der Waals surface area contributed by atoms with E-state index in [1.807, 2.05) is 6.08 Å². The largest absolute Gasteiger partial charge is 0.373 e. The van der Waals surface area contributed by atoms with E-state index in [0.29, 0.717) is 0 Å². The van der Waals surface area contributed by atoms with Crippen LogP contribution in [0.4, 0.5) is 11.4 Å². The highest BCUT2D eigenvalue weighted by Gasteiger charge is 2.21. The van der Waals surface area contributed by atoms with Gasteiger partial charge >= 0.3 is 0 Å². The van der Waals surface area contributed by atoms with Crippen molar-refractivity contribution in [2.24, 2.45) is 10.9 Å². The minimum atomic E-state index is 0.806. The molecule has 1 aromatic heterocycles. The van der Waals surface area contributed by atoms with E-state index in [9.17, 15) is 0 Å². The second-order valence-corrected chi connectivity index (χ2v) is 8.57. The number of aromatic nitrogens is 1. The Bertz CT molecular complexity index is 1080. The van der Waals surface area contributed by atoms with Crippen molar-refractivity contribution in [3.63, 3.8) is 0 Å². The van der Waals surface area contributed by atoms with Gasteiger partial charge in [-0.25, -0.2) is 0 Å². The average Bonchev–Trinajstić information content (AvgIpc) is 3.06. The van der Waals surface area contributed by atoms with Gasteiger partial charge in [-0.2, -0.15) is 0 Å². The summed E-state index contributed by atoms with van der Waals surface area (Å²) in [4.78, 5) is 7.37. The van der Waals surface area contributed by atoms with E-state index >= 15 is 0 Å². The summed E-state index contributed by atoms with van der Waals surface area (Å²) in [6, 6.07) is 15.4. The molecule has 1 aliphatic carbocycles. The number of benzene rings is 2. The van der Waals surface area contributed by atoms with Crippen LogP contribution in [0, 0.1) is 5.92 Å². The van der Waals surface area contributed by atoms with Crippen LogP contribution in [0.3, 0.4) is 0 Å². The van der Waals surface area contributed by atoms with Crippen molar-refractivity contribution in [2.75, 3.05) is 18.5 Å². The van der Waals surface area contributed by atoms with Gasteiger partial charge in [0.1, 0.15) is 0 Å². The Labute approximate surface area is 173 Å². The first-order valence-electron chi connectivity index (χ1n) is 10.9. The predicted octanol–water partition coefficient (Wildman–Crippen LogP) is 6.22. The van der Waals surface area contributed by atoms with Crippen molar-refractivity contribution < 1.29 is 0 Å². The van der Waals surface area contributed by atoms with Crippen LogP contribution in [-0.4, -0.2) is 24.4 Å². The van der Waals surface area contributed by atoms with E-state index in [-0.39, 0.29) is 0 Å². The summed E-state index contributed by atoms with van der Waals surface area (Å²) in [5.74, 6) is 0.806. The molecule has 2 aliphatic rings. The van der Waals surface area contributed by atoms with Crippen LogP contribution in [0.25, 0.3) is 17.0 Å². The standard InChI is InChI=1S/C26H29N3/c1-3-19-14-22-11-7-13-28(2)26(22)24(15-19)27-17-23-16-21-10-4-5-12-25(21)29(23)18-20-8-6-9-20/h3-5,10,12,14-17,20H,1,6-9,11,13,18H2,2H3/b27-17+. The number of anilines is 1. The lowest BCUT2D eigenvalue weighted by Gasteiger charge is -2.29. The quantitative estimate of drug-likeness (QED) is 0.479. The van der Waals surface area contributed by atoms with Crippen LogP contribution in [0.1, 0.15) is 42.5 Å². The molecule has 2 heterocycles. The number of aliphatic imine (C=N–C) groups is 1. The number of para-hydroxylation sites is 1. The lowest BCUT2D eigenvalue weighted by molar-refractivity contribution is 0.279. The van der Waals surface area contributed by atoms with E-state index in [4.69, 9.17) is 4.99 Å². The molecular formula is C26H29N3. The normalized spacial score (nSPS) is 16.9. The molecule has 2 aromatic carbocycles. The second kappa shape index (κ2) is 7.55. The molecule has 3 nitrogen and oxygen atoms in total. The predicted molar refractivity (Wildman–Crippen MR) is 125 cm³/mol. The van der Waals surface area contributed by atoms with E-state index in [1.54, 1.807) is 0 Å². The Morgan fingerprint density at radius 2 is 2.00 bits per heavy atom. The summed E-state index contributed by atoms with van der Waals surface area (Å²) in [6.07, 6.45) is 10.4. The zero-order valence-electron chi connectivity index (χ0n) is 17.3. The van der Waals surface area contributed by atoms with Crippen molar-refractivity contribution >= 4 is 34.6 Å². The maximum absolute atomic E-state index is 5.02. The first-order valence-corrected chi connectivity index (χ1v) is 10.9. The van der Waals surface area contributed by atoms with E-state index in [1.165, 1.54) is 53.5 Å². The number of aryl methyl sites for hydroxylation is 1. The Morgan fingerprint density at radius 1 is 1.14 bits per heavy atom. The van der Waals surface area contributed by atoms with Crippen molar-refractivity contribution in [3.8, 4) is 0 Å². The maximum Gasteiger partial charge on any atom is 0.0872 e. The minimum Gasteiger partial charge on any atom is -0.373 e. The Hall–Kier alpha value is -2.81. The van der Waals surface area contributed by atoms with Crippen molar-refractivity contribution in [3.05, 3.63) is 65.9 Å². The number of rotatable bonds is 5. The molecule has 0 bridgehead atoms. The van der Waals surface area contributed by atoms with E-state index < -0.39 is 0 Å². The number of fused-ring (bicyclic) bond motifs is 2. The number of hydrogen-bond acceptors (Lipinski definition) is 2. The van der Waals surface area contributed by atoms with E-state index in [0.717, 1.165) is 36.7 Å². The SMILES string of the molecule is C=Cc1cc2c(c(/N=C/c3cc4ccccc4n3CC3CCC3)c1)N(C)CCC2. The van der Waals surface area contributed by atoms with Gasteiger partial charge in [-0.3, -0.25) is 4.99 Å². The fourth-order valence-corrected chi connectivity index (χ4v) is 4.78. The lowest BCUT2D eigenvalue weighted by Crippen LogP contribution is -2.24. The van der Waals surface area contributed by atoms with Gasteiger partial charge in [0.05, 0.1) is 23.3 Å². The summed E-state index contributed by atoms with van der Waals surface area (Å²) in [5, 5.41) is 1.30. The molecule has 1 fully saturated rings. The molecule has 0 unspecified atom stereocenters. The van der Waals surface area contributed by atoms with Gasteiger partial charge < -0.3 is 9.47 Å². The smallest absolute Gasteiger partial charge is 0.0872 e. The fraction of sp³-hybridized carbons (Fsp3) is 0.346. The van der Waals surface area contributed by atoms with Crippen LogP contribution in [0.2, 0.25) is 0 Å². The number of nitrogens with zero attached hydrogens (tertiary/aromatic N) is 3.